The Morgan fingerprint density at radius 1 is 1.41 bits per heavy atom. The first-order chi connectivity index (χ1) is 10.5. The average Bonchev–Trinajstić information content (AvgIpc) is 3.08. The van der Waals surface area contributed by atoms with E-state index in [-0.39, 0.29) is 11.6 Å². The van der Waals surface area contributed by atoms with Crippen molar-refractivity contribution < 1.29 is 0 Å². The Hall–Kier alpha value is -1.57. The summed E-state index contributed by atoms with van der Waals surface area (Å²) in [5, 5.41) is 10.6. The molecule has 3 aromatic heterocycles. The molecule has 0 spiro atoms. The van der Waals surface area contributed by atoms with Crippen LogP contribution < -0.4 is 10.9 Å². The molecule has 0 amide bonds. The normalized spacial score (nSPS) is 13.1. The smallest absolute Gasteiger partial charge is 0.275 e. The first kappa shape index (κ1) is 15.3. The van der Waals surface area contributed by atoms with Gasteiger partial charge in [0, 0.05) is 23.5 Å². The summed E-state index contributed by atoms with van der Waals surface area (Å²) in [6.45, 7) is 6.83. The molecule has 22 heavy (non-hydrogen) atoms. The molecule has 1 atom stereocenters. The second-order valence-electron chi connectivity index (χ2n) is 5.52. The highest BCUT2D eigenvalue weighted by Crippen LogP contribution is 2.26. The summed E-state index contributed by atoms with van der Waals surface area (Å²) in [5.74, 6) is 0.467. The van der Waals surface area contributed by atoms with E-state index in [4.69, 9.17) is 0 Å². The molecular formula is C15H18N4OS2. The van der Waals surface area contributed by atoms with Crippen LogP contribution in [0.2, 0.25) is 0 Å². The van der Waals surface area contributed by atoms with E-state index in [1.807, 2.05) is 6.92 Å². The zero-order valence-corrected chi connectivity index (χ0v) is 14.4. The zero-order valence-electron chi connectivity index (χ0n) is 12.7. The van der Waals surface area contributed by atoms with Crippen molar-refractivity contribution in [3.05, 3.63) is 49.5 Å². The van der Waals surface area contributed by atoms with Gasteiger partial charge in [-0.2, -0.15) is 9.61 Å². The van der Waals surface area contributed by atoms with Crippen molar-refractivity contribution >= 4 is 27.6 Å². The Morgan fingerprint density at radius 2 is 2.23 bits per heavy atom. The highest BCUT2D eigenvalue weighted by molar-refractivity contribution is 7.16. The third-order valence-corrected chi connectivity index (χ3v) is 5.20. The van der Waals surface area contributed by atoms with Crippen LogP contribution in [0.15, 0.2) is 28.4 Å². The maximum Gasteiger partial charge on any atom is 0.275 e. The Bertz CT molecular complexity index is 820. The number of aryl methyl sites for hydroxylation is 1. The fraction of sp³-hybridized carbons (Fsp3) is 0.400. The Morgan fingerprint density at radius 3 is 2.91 bits per heavy atom. The molecule has 0 aliphatic rings. The standard InChI is InChI=1S/C15H18N4OS2/c1-9(2)14(12-5-4-6-21-12)16-8-11-7-13(20)19-15(17-11)22-10(3)18-19/h4-7,9,14,16H,8H2,1-3H3/t14-/m1/s1. The Kier molecular flexibility index (Phi) is 4.37. The molecule has 0 radical (unpaired) electrons. The van der Waals surface area contributed by atoms with Crippen LogP contribution in [0.5, 0.6) is 0 Å². The minimum absolute atomic E-state index is 0.122. The number of thiophene rings is 1. The van der Waals surface area contributed by atoms with Gasteiger partial charge in [-0.1, -0.05) is 31.3 Å². The third kappa shape index (κ3) is 3.11. The van der Waals surface area contributed by atoms with Crippen molar-refractivity contribution in [1.82, 2.24) is 19.9 Å². The molecule has 0 fully saturated rings. The number of aromatic nitrogens is 3. The van der Waals surface area contributed by atoms with Crippen molar-refractivity contribution in [3.8, 4) is 0 Å². The molecular weight excluding hydrogens is 316 g/mol. The minimum atomic E-state index is -0.122. The summed E-state index contributed by atoms with van der Waals surface area (Å²) in [7, 11) is 0. The molecule has 0 saturated heterocycles. The lowest BCUT2D eigenvalue weighted by molar-refractivity contribution is 0.414. The topological polar surface area (TPSA) is 59.3 Å². The van der Waals surface area contributed by atoms with E-state index in [0.717, 1.165) is 10.7 Å². The van der Waals surface area contributed by atoms with Gasteiger partial charge in [0.1, 0.15) is 5.01 Å². The van der Waals surface area contributed by atoms with Gasteiger partial charge in [-0.3, -0.25) is 4.79 Å². The summed E-state index contributed by atoms with van der Waals surface area (Å²) in [6, 6.07) is 6.03. The SMILES string of the molecule is Cc1nn2c(=O)cc(CN[C@@H](c3cccs3)C(C)C)nc2s1. The van der Waals surface area contributed by atoms with Gasteiger partial charge in [-0.15, -0.1) is 11.3 Å². The van der Waals surface area contributed by atoms with Crippen LogP contribution in [0.4, 0.5) is 0 Å². The molecule has 3 rings (SSSR count). The molecule has 0 aliphatic carbocycles. The van der Waals surface area contributed by atoms with Crippen LogP contribution in [0, 0.1) is 12.8 Å². The zero-order chi connectivity index (χ0) is 15.7. The van der Waals surface area contributed by atoms with Crippen LogP contribution in [-0.2, 0) is 6.54 Å². The van der Waals surface area contributed by atoms with Crippen molar-refractivity contribution in [2.24, 2.45) is 5.92 Å². The number of nitrogens with zero attached hydrogens (tertiary/aromatic N) is 3. The van der Waals surface area contributed by atoms with E-state index in [1.54, 1.807) is 17.4 Å². The van der Waals surface area contributed by atoms with Crippen molar-refractivity contribution in [2.45, 2.75) is 33.4 Å². The van der Waals surface area contributed by atoms with Gasteiger partial charge < -0.3 is 5.32 Å². The van der Waals surface area contributed by atoms with E-state index in [9.17, 15) is 4.79 Å². The summed E-state index contributed by atoms with van der Waals surface area (Å²) in [4.78, 5) is 18.5. The van der Waals surface area contributed by atoms with Gasteiger partial charge in [0.25, 0.3) is 5.56 Å². The van der Waals surface area contributed by atoms with Crippen molar-refractivity contribution in [2.75, 3.05) is 0 Å². The summed E-state index contributed by atoms with van der Waals surface area (Å²) in [6.07, 6.45) is 0. The molecule has 3 aromatic rings. The van der Waals surface area contributed by atoms with Crippen LogP contribution in [-0.4, -0.2) is 14.6 Å². The van der Waals surface area contributed by atoms with Gasteiger partial charge in [-0.25, -0.2) is 4.98 Å². The second-order valence-corrected chi connectivity index (χ2v) is 7.66. The van der Waals surface area contributed by atoms with E-state index in [2.05, 4.69) is 46.8 Å². The average molecular weight is 334 g/mol. The number of hydrogen-bond donors (Lipinski definition) is 1. The van der Waals surface area contributed by atoms with Gasteiger partial charge in [0.2, 0.25) is 4.96 Å². The predicted octanol–water partition coefficient (Wildman–Crippen LogP) is 3.01. The highest BCUT2D eigenvalue weighted by Gasteiger charge is 2.17. The fourth-order valence-electron chi connectivity index (χ4n) is 2.39. The van der Waals surface area contributed by atoms with Crippen molar-refractivity contribution in [1.29, 1.82) is 0 Å². The van der Waals surface area contributed by atoms with Crippen LogP contribution >= 0.6 is 22.7 Å². The summed E-state index contributed by atoms with van der Waals surface area (Å²) < 4.78 is 1.36. The first-order valence-electron chi connectivity index (χ1n) is 7.18. The molecule has 0 aliphatic heterocycles. The van der Waals surface area contributed by atoms with E-state index in [1.165, 1.54) is 20.7 Å². The van der Waals surface area contributed by atoms with Gasteiger partial charge in [0.15, 0.2) is 0 Å². The maximum atomic E-state index is 12.1. The lowest BCUT2D eigenvalue weighted by Gasteiger charge is -2.21. The Labute approximate surface area is 136 Å². The summed E-state index contributed by atoms with van der Waals surface area (Å²) >= 11 is 3.18. The van der Waals surface area contributed by atoms with Gasteiger partial charge in [0.05, 0.1) is 5.69 Å². The van der Waals surface area contributed by atoms with Crippen LogP contribution in [0.3, 0.4) is 0 Å². The van der Waals surface area contributed by atoms with Crippen molar-refractivity contribution in [3.63, 3.8) is 0 Å². The molecule has 0 aromatic carbocycles. The van der Waals surface area contributed by atoms with Crippen LogP contribution in [0.1, 0.15) is 35.5 Å². The molecule has 116 valence electrons. The number of rotatable bonds is 5. The molecule has 0 unspecified atom stereocenters. The van der Waals surface area contributed by atoms with E-state index >= 15 is 0 Å². The van der Waals surface area contributed by atoms with Crippen LogP contribution in [0.25, 0.3) is 4.96 Å². The molecule has 0 saturated carbocycles. The largest absolute Gasteiger partial charge is 0.303 e. The fourth-order valence-corrected chi connectivity index (χ4v) is 4.13. The lowest BCUT2D eigenvalue weighted by Crippen LogP contribution is -2.26. The molecule has 7 heteroatoms. The molecule has 5 nitrogen and oxygen atoms in total. The first-order valence-corrected chi connectivity index (χ1v) is 8.87. The Balaban J connectivity index is 1.82. The predicted molar refractivity (Wildman–Crippen MR) is 90.6 cm³/mol. The third-order valence-electron chi connectivity index (χ3n) is 3.42. The summed E-state index contributed by atoms with van der Waals surface area (Å²) in [5.41, 5.74) is 0.638. The molecule has 0 bridgehead atoms. The highest BCUT2D eigenvalue weighted by atomic mass is 32.1. The second kappa shape index (κ2) is 6.28. The molecule has 3 heterocycles. The van der Waals surface area contributed by atoms with E-state index in [0.29, 0.717) is 17.4 Å². The van der Waals surface area contributed by atoms with E-state index < -0.39 is 0 Å². The number of nitrogens with one attached hydrogen (secondary N) is 1. The molecule has 1 N–H and O–H groups in total. The lowest BCUT2D eigenvalue weighted by atomic mass is 10.0. The minimum Gasteiger partial charge on any atom is -0.303 e. The number of hydrogen-bond acceptors (Lipinski definition) is 6. The van der Waals surface area contributed by atoms with Gasteiger partial charge in [-0.05, 0) is 24.3 Å². The van der Waals surface area contributed by atoms with Gasteiger partial charge >= 0.3 is 0 Å². The monoisotopic (exact) mass is 334 g/mol. The number of fused-ring (bicyclic) bond motifs is 1. The maximum absolute atomic E-state index is 12.1. The quantitative estimate of drug-likeness (QED) is 0.779.